The summed E-state index contributed by atoms with van der Waals surface area (Å²) in [5.41, 5.74) is 8.72. The van der Waals surface area contributed by atoms with Crippen molar-refractivity contribution in [2.24, 2.45) is 0 Å². The van der Waals surface area contributed by atoms with E-state index in [4.69, 9.17) is 10.5 Å². The number of hydrogen-bond acceptors (Lipinski definition) is 2. The smallest absolute Gasteiger partial charge is 0.127 e. The molecule has 96 valence electrons. The SMILES string of the molecule is CBr.CCOc1ccc(N)cc1-c1ccccc1. The van der Waals surface area contributed by atoms with Crippen LogP contribution in [0.1, 0.15) is 6.92 Å². The molecule has 0 amide bonds. The number of nitrogen functional groups attached to an aromatic ring is 1. The van der Waals surface area contributed by atoms with Crippen LogP contribution < -0.4 is 10.5 Å². The van der Waals surface area contributed by atoms with Crippen LogP contribution in [0, 0.1) is 0 Å². The predicted molar refractivity (Wildman–Crippen MR) is 82.3 cm³/mol. The highest BCUT2D eigenvalue weighted by molar-refractivity contribution is 9.08. The quantitative estimate of drug-likeness (QED) is 0.676. The molecule has 2 nitrogen and oxygen atoms in total. The molecule has 0 bridgehead atoms. The number of hydrogen-bond donors (Lipinski definition) is 1. The van der Waals surface area contributed by atoms with Gasteiger partial charge in [0, 0.05) is 11.3 Å². The lowest BCUT2D eigenvalue weighted by molar-refractivity contribution is 0.341. The first-order valence-corrected chi connectivity index (χ1v) is 7.35. The molecule has 0 fully saturated rings. The molecule has 2 N–H and O–H groups in total. The van der Waals surface area contributed by atoms with E-state index in [9.17, 15) is 0 Å². The van der Waals surface area contributed by atoms with E-state index in [1.54, 1.807) is 0 Å². The summed E-state index contributed by atoms with van der Waals surface area (Å²) in [4.78, 5) is 0. The summed E-state index contributed by atoms with van der Waals surface area (Å²) in [6.45, 7) is 2.63. The maximum atomic E-state index is 5.81. The van der Waals surface area contributed by atoms with Gasteiger partial charge in [0.15, 0.2) is 0 Å². The third-order valence-electron chi connectivity index (χ3n) is 2.39. The zero-order chi connectivity index (χ0) is 13.4. The fourth-order valence-electron chi connectivity index (χ4n) is 1.67. The van der Waals surface area contributed by atoms with E-state index in [0.29, 0.717) is 6.61 Å². The van der Waals surface area contributed by atoms with Gasteiger partial charge in [-0.3, -0.25) is 0 Å². The van der Waals surface area contributed by atoms with Crippen LogP contribution in [-0.2, 0) is 0 Å². The molecule has 0 aromatic heterocycles. The largest absolute Gasteiger partial charge is 0.493 e. The van der Waals surface area contributed by atoms with Crippen molar-refractivity contribution in [1.82, 2.24) is 0 Å². The van der Waals surface area contributed by atoms with Crippen LogP contribution in [0.5, 0.6) is 5.75 Å². The average molecular weight is 308 g/mol. The van der Waals surface area contributed by atoms with Crippen LogP contribution >= 0.6 is 15.9 Å². The average Bonchev–Trinajstić information content (AvgIpc) is 2.44. The summed E-state index contributed by atoms with van der Waals surface area (Å²) in [5.74, 6) is 2.69. The second kappa shape index (κ2) is 7.77. The fraction of sp³-hybridized carbons (Fsp3) is 0.200. The maximum Gasteiger partial charge on any atom is 0.127 e. The topological polar surface area (TPSA) is 35.2 Å². The van der Waals surface area contributed by atoms with Crippen molar-refractivity contribution in [2.45, 2.75) is 6.92 Å². The molecule has 0 radical (unpaired) electrons. The highest BCUT2D eigenvalue weighted by Gasteiger charge is 2.05. The second-order valence-electron chi connectivity index (χ2n) is 3.55. The lowest BCUT2D eigenvalue weighted by Crippen LogP contribution is -1.95. The Morgan fingerprint density at radius 1 is 1.06 bits per heavy atom. The Morgan fingerprint density at radius 2 is 1.72 bits per heavy atom. The van der Waals surface area contributed by atoms with Gasteiger partial charge in [0.2, 0.25) is 0 Å². The minimum atomic E-state index is 0.656. The van der Waals surface area contributed by atoms with E-state index in [2.05, 4.69) is 28.1 Å². The highest BCUT2D eigenvalue weighted by Crippen LogP contribution is 2.31. The molecule has 2 aromatic carbocycles. The Kier molecular flexibility index (Phi) is 6.29. The lowest BCUT2D eigenvalue weighted by atomic mass is 10.0. The van der Waals surface area contributed by atoms with Crippen LogP contribution in [0.4, 0.5) is 5.69 Å². The minimum Gasteiger partial charge on any atom is -0.493 e. The molecule has 0 spiro atoms. The fourth-order valence-corrected chi connectivity index (χ4v) is 1.67. The summed E-state index contributed by atoms with van der Waals surface area (Å²) >= 11 is 2.94. The predicted octanol–water partition coefficient (Wildman–Crippen LogP) is 4.35. The number of nitrogens with two attached hydrogens (primary N) is 1. The number of alkyl halides is 1. The number of ether oxygens (including phenoxy) is 1. The maximum absolute atomic E-state index is 5.81. The third-order valence-corrected chi connectivity index (χ3v) is 2.39. The summed E-state index contributed by atoms with van der Waals surface area (Å²) in [6, 6.07) is 15.8. The Morgan fingerprint density at radius 3 is 2.33 bits per heavy atom. The number of rotatable bonds is 3. The summed E-state index contributed by atoms with van der Waals surface area (Å²) < 4.78 is 5.59. The molecule has 0 unspecified atom stereocenters. The van der Waals surface area contributed by atoms with Crippen LogP contribution in [0.2, 0.25) is 0 Å². The van der Waals surface area contributed by atoms with Gasteiger partial charge in [-0.15, -0.1) is 0 Å². The van der Waals surface area contributed by atoms with Crippen molar-refractivity contribution in [1.29, 1.82) is 0 Å². The van der Waals surface area contributed by atoms with Crippen molar-refractivity contribution in [2.75, 3.05) is 18.2 Å². The van der Waals surface area contributed by atoms with E-state index < -0.39 is 0 Å². The van der Waals surface area contributed by atoms with Crippen molar-refractivity contribution in [3.63, 3.8) is 0 Å². The number of benzene rings is 2. The van der Waals surface area contributed by atoms with Gasteiger partial charge in [-0.1, -0.05) is 46.3 Å². The van der Waals surface area contributed by atoms with Crippen molar-refractivity contribution >= 4 is 21.6 Å². The molecule has 0 atom stereocenters. The molecule has 0 aliphatic carbocycles. The van der Waals surface area contributed by atoms with Crippen molar-refractivity contribution < 1.29 is 4.74 Å². The molecule has 0 aliphatic rings. The van der Waals surface area contributed by atoms with Gasteiger partial charge in [0.1, 0.15) is 5.75 Å². The molecule has 2 rings (SSSR count). The molecule has 0 heterocycles. The first-order chi connectivity index (χ1) is 8.81. The Labute approximate surface area is 117 Å². The van der Waals surface area contributed by atoms with Gasteiger partial charge in [-0.25, -0.2) is 0 Å². The van der Waals surface area contributed by atoms with Gasteiger partial charge in [0.05, 0.1) is 6.61 Å². The summed E-state index contributed by atoms with van der Waals surface area (Å²) in [7, 11) is 0. The van der Waals surface area contributed by atoms with Crippen molar-refractivity contribution in [3.05, 3.63) is 48.5 Å². The standard InChI is InChI=1S/C14H15NO.CH3Br/c1-2-16-14-9-8-12(15)10-13(14)11-6-4-3-5-7-11;1-2/h3-10H,2,15H2,1H3;1H3. The second-order valence-corrected chi connectivity index (χ2v) is 3.55. The zero-order valence-electron chi connectivity index (χ0n) is 10.7. The van der Waals surface area contributed by atoms with Gasteiger partial charge < -0.3 is 10.5 Å². The normalized spacial score (nSPS) is 9.28. The molecular formula is C15H18BrNO. The lowest BCUT2D eigenvalue weighted by Gasteiger charge is -2.11. The molecular weight excluding hydrogens is 290 g/mol. The van der Waals surface area contributed by atoms with E-state index >= 15 is 0 Å². The van der Waals surface area contributed by atoms with Crippen LogP contribution in [0.3, 0.4) is 0 Å². The third kappa shape index (κ3) is 3.77. The molecule has 2 aromatic rings. The Balaban J connectivity index is 0.000000771. The Bertz CT molecular complexity index is 471. The van der Waals surface area contributed by atoms with Crippen LogP contribution in [-0.4, -0.2) is 12.4 Å². The molecule has 3 heteroatoms. The summed E-state index contributed by atoms with van der Waals surface area (Å²) in [6.07, 6.45) is 0. The molecule has 18 heavy (non-hydrogen) atoms. The number of anilines is 1. The van der Waals surface area contributed by atoms with E-state index in [0.717, 1.165) is 22.6 Å². The Hall–Kier alpha value is -1.48. The first-order valence-electron chi connectivity index (χ1n) is 5.77. The zero-order valence-corrected chi connectivity index (χ0v) is 12.3. The van der Waals surface area contributed by atoms with E-state index in [1.165, 1.54) is 0 Å². The molecule has 0 saturated heterocycles. The van der Waals surface area contributed by atoms with Gasteiger partial charge in [-0.05, 0) is 36.5 Å². The summed E-state index contributed by atoms with van der Waals surface area (Å²) in [5, 5.41) is 0. The first kappa shape index (κ1) is 14.6. The van der Waals surface area contributed by atoms with E-state index in [1.807, 2.05) is 49.2 Å². The molecule has 0 saturated carbocycles. The highest BCUT2D eigenvalue weighted by atomic mass is 79.9. The van der Waals surface area contributed by atoms with Gasteiger partial charge >= 0.3 is 0 Å². The van der Waals surface area contributed by atoms with Crippen molar-refractivity contribution in [3.8, 4) is 16.9 Å². The van der Waals surface area contributed by atoms with Crippen LogP contribution in [0.15, 0.2) is 48.5 Å². The number of halogens is 1. The van der Waals surface area contributed by atoms with E-state index in [-0.39, 0.29) is 0 Å². The van der Waals surface area contributed by atoms with Crippen LogP contribution in [0.25, 0.3) is 11.1 Å². The van der Waals surface area contributed by atoms with Gasteiger partial charge in [-0.2, -0.15) is 0 Å². The monoisotopic (exact) mass is 307 g/mol. The molecule has 0 aliphatic heterocycles. The van der Waals surface area contributed by atoms with Gasteiger partial charge in [0.25, 0.3) is 0 Å². The minimum absolute atomic E-state index is 0.656.